The van der Waals surface area contributed by atoms with Crippen molar-refractivity contribution in [2.75, 3.05) is 19.6 Å². The predicted molar refractivity (Wildman–Crippen MR) is 82.4 cm³/mol. The quantitative estimate of drug-likeness (QED) is 0.626. The number of aliphatic carboxylic acids is 1. The van der Waals surface area contributed by atoms with E-state index >= 15 is 0 Å². The fourth-order valence-electron chi connectivity index (χ4n) is 2.56. The number of urea groups is 1. The van der Waals surface area contributed by atoms with Gasteiger partial charge in [-0.2, -0.15) is 0 Å². The van der Waals surface area contributed by atoms with Gasteiger partial charge in [-0.05, 0) is 46.1 Å². The van der Waals surface area contributed by atoms with Crippen LogP contribution in [0.25, 0.3) is 0 Å². The summed E-state index contributed by atoms with van der Waals surface area (Å²) in [5.41, 5.74) is -1.20. The van der Waals surface area contributed by atoms with Crippen molar-refractivity contribution in [2.45, 2.75) is 64.5 Å². The van der Waals surface area contributed by atoms with E-state index in [9.17, 15) is 9.59 Å². The van der Waals surface area contributed by atoms with Crippen LogP contribution in [0.1, 0.15) is 52.9 Å². The summed E-state index contributed by atoms with van der Waals surface area (Å²) in [5.74, 6) is -1.01. The van der Waals surface area contributed by atoms with Crippen LogP contribution in [0.2, 0.25) is 0 Å². The summed E-state index contributed by atoms with van der Waals surface area (Å²) in [7, 11) is 0. The fraction of sp³-hybridized carbons (Fsp3) is 0.867. The van der Waals surface area contributed by atoms with E-state index in [1.807, 2.05) is 0 Å². The topological polar surface area (TPSA) is 81.7 Å². The maximum atomic E-state index is 11.7. The Morgan fingerprint density at radius 2 is 2.10 bits per heavy atom. The first-order valence-corrected chi connectivity index (χ1v) is 7.92. The monoisotopic (exact) mass is 299 g/mol. The molecule has 6 nitrogen and oxygen atoms in total. The molecule has 0 aromatic rings. The van der Waals surface area contributed by atoms with Gasteiger partial charge < -0.3 is 20.6 Å². The van der Waals surface area contributed by atoms with E-state index in [0.717, 1.165) is 19.5 Å². The molecule has 2 atom stereocenters. The second-order valence-electron chi connectivity index (χ2n) is 6.11. The number of hydrogen-bond donors (Lipinski definition) is 3. The van der Waals surface area contributed by atoms with Crippen molar-refractivity contribution in [1.82, 2.24) is 15.5 Å². The SMILES string of the molecule is CCC(C)(NC(=O)NCCCN1CCCCC1C)C(=O)O. The number of carboxylic acid groups (broad SMARTS) is 1. The van der Waals surface area contributed by atoms with E-state index < -0.39 is 17.5 Å². The van der Waals surface area contributed by atoms with Crippen molar-refractivity contribution in [2.24, 2.45) is 0 Å². The highest BCUT2D eigenvalue weighted by Crippen LogP contribution is 2.16. The van der Waals surface area contributed by atoms with Crippen LogP contribution < -0.4 is 10.6 Å². The largest absolute Gasteiger partial charge is 0.480 e. The standard InChI is InChI=1S/C15H29N3O3/c1-4-15(3,13(19)20)17-14(21)16-9-7-11-18-10-6-5-8-12(18)2/h12H,4-11H2,1-3H3,(H,19,20)(H2,16,17,21). The second kappa shape index (κ2) is 8.22. The number of hydrogen-bond acceptors (Lipinski definition) is 3. The molecule has 0 radical (unpaired) electrons. The number of nitrogens with one attached hydrogen (secondary N) is 2. The first-order chi connectivity index (χ1) is 9.89. The first-order valence-electron chi connectivity index (χ1n) is 7.92. The second-order valence-corrected chi connectivity index (χ2v) is 6.11. The lowest BCUT2D eigenvalue weighted by molar-refractivity contribution is -0.143. The molecule has 122 valence electrons. The summed E-state index contributed by atoms with van der Waals surface area (Å²) in [6, 6.07) is 0.219. The van der Waals surface area contributed by atoms with Crippen LogP contribution in [0.15, 0.2) is 0 Å². The molecule has 1 aliphatic rings. The highest BCUT2D eigenvalue weighted by atomic mass is 16.4. The highest BCUT2D eigenvalue weighted by molar-refractivity contribution is 5.85. The van der Waals surface area contributed by atoms with E-state index in [1.165, 1.54) is 26.2 Å². The van der Waals surface area contributed by atoms with Crippen LogP contribution in [0.3, 0.4) is 0 Å². The molecule has 1 heterocycles. The van der Waals surface area contributed by atoms with Crippen molar-refractivity contribution < 1.29 is 14.7 Å². The fourth-order valence-corrected chi connectivity index (χ4v) is 2.56. The average Bonchev–Trinajstić information content (AvgIpc) is 2.45. The Balaban J connectivity index is 2.23. The number of nitrogens with zero attached hydrogens (tertiary/aromatic N) is 1. The maximum Gasteiger partial charge on any atom is 0.329 e. The lowest BCUT2D eigenvalue weighted by Crippen LogP contribution is -2.55. The number of rotatable bonds is 7. The predicted octanol–water partition coefficient (Wildman–Crippen LogP) is 1.80. The third-order valence-corrected chi connectivity index (χ3v) is 4.42. The van der Waals surface area contributed by atoms with Gasteiger partial charge in [0.2, 0.25) is 0 Å². The molecule has 0 aromatic heterocycles. The normalized spacial score (nSPS) is 22.3. The summed E-state index contributed by atoms with van der Waals surface area (Å²) in [5, 5.41) is 14.4. The molecular weight excluding hydrogens is 270 g/mol. The van der Waals surface area contributed by atoms with Gasteiger partial charge in [-0.3, -0.25) is 0 Å². The smallest absolute Gasteiger partial charge is 0.329 e. The van der Waals surface area contributed by atoms with Crippen LogP contribution in [-0.2, 0) is 4.79 Å². The van der Waals surface area contributed by atoms with Gasteiger partial charge in [0.1, 0.15) is 5.54 Å². The highest BCUT2D eigenvalue weighted by Gasteiger charge is 2.32. The van der Waals surface area contributed by atoms with Crippen molar-refractivity contribution in [3.8, 4) is 0 Å². The van der Waals surface area contributed by atoms with Gasteiger partial charge >= 0.3 is 12.0 Å². The van der Waals surface area contributed by atoms with Crippen molar-refractivity contribution in [1.29, 1.82) is 0 Å². The molecule has 1 saturated heterocycles. The zero-order valence-electron chi connectivity index (χ0n) is 13.4. The first kappa shape index (κ1) is 17.8. The summed E-state index contributed by atoms with van der Waals surface area (Å²) < 4.78 is 0. The van der Waals surface area contributed by atoms with Gasteiger partial charge in [-0.25, -0.2) is 9.59 Å². The molecule has 0 aromatic carbocycles. The van der Waals surface area contributed by atoms with Gasteiger partial charge in [0.05, 0.1) is 0 Å². The molecule has 0 aliphatic carbocycles. The van der Waals surface area contributed by atoms with E-state index in [-0.39, 0.29) is 0 Å². The van der Waals surface area contributed by atoms with E-state index in [2.05, 4.69) is 22.5 Å². The lowest BCUT2D eigenvalue weighted by Gasteiger charge is -2.33. The maximum absolute atomic E-state index is 11.7. The molecule has 2 unspecified atom stereocenters. The molecule has 1 rings (SSSR count). The number of carboxylic acids is 1. The van der Waals surface area contributed by atoms with Gasteiger partial charge in [-0.1, -0.05) is 13.3 Å². The average molecular weight is 299 g/mol. The van der Waals surface area contributed by atoms with Crippen LogP contribution in [0, 0.1) is 0 Å². The number of piperidine rings is 1. The Kier molecular flexibility index (Phi) is 6.95. The molecule has 0 bridgehead atoms. The Bertz CT molecular complexity index is 362. The Hall–Kier alpha value is -1.30. The van der Waals surface area contributed by atoms with Crippen molar-refractivity contribution in [3.05, 3.63) is 0 Å². The van der Waals surface area contributed by atoms with Crippen molar-refractivity contribution in [3.63, 3.8) is 0 Å². The molecule has 3 N–H and O–H groups in total. The van der Waals surface area contributed by atoms with E-state index in [4.69, 9.17) is 5.11 Å². The van der Waals surface area contributed by atoms with Gasteiger partial charge in [-0.15, -0.1) is 0 Å². The molecule has 1 aliphatic heterocycles. The number of amides is 2. The summed E-state index contributed by atoms with van der Waals surface area (Å²) in [6.45, 7) is 8.19. The van der Waals surface area contributed by atoms with E-state index in [1.54, 1.807) is 6.92 Å². The minimum absolute atomic E-state index is 0.348. The number of carbonyl (C=O) groups excluding carboxylic acids is 1. The molecule has 6 heteroatoms. The third-order valence-electron chi connectivity index (χ3n) is 4.42. The summed E-state index contributed by atoms with van der Waals surface area (Å²) in [4.78, 5) is 25.3. The Morgan fingerprint density at radius 3 is 2.67 bits per heavy atom. The Morgan fingerprint density at radius 1 is 1.38 bits per heavy atom. The third kappa shape index (κ3) is 5.53. The minimum Gasteiger partial charge on any atom is -0.480 e. The molecule has 2 amide bonds. The summed E-state index contributed by atoms with van der Waals surface area (Å²) >= 11 is 0. The van der Waals surface area contributed by atoms with Crippen molar-refractivity contribution >= 4 is 12.0 Å². The van der Waals surface area contributed by atoms with Crippen LogP contribution in [-0.4, -0.2) is 53.2 Å². The molecule has 0 spiro atoms. The zero-order chi connectivity index (χ0) is 15.9. The minimum atomic E-state index is -1.20. The van der Waals surface area contributed by atoms with Gasteiger partial charge in [0, 0.05) is 19.1 Å². The Labute approximate surface area is 127 Å². The van der Waals surface area contributed by atoms with Gasteiger partial charge in [0.25, 0.3) is 0 Å². The van der Waals surface area contributed by atoms with E-state index in [0.29, 0.717) is 19.0 Å². The van der Waals surface area contributed by atoms with Gasteiger partial charge in [0.15, 0.2) is 0 Å². The summed E-state index contributed by atoms with van der Waals surface area (Å²) in [6.07, 6.45) is 5.05. The molecular formula is C15H29N3O3. The molecule has 0 saturated carbocycles. The number of carbonyl (C=O) groups is 2. The molecule has 21 heavy (non-hydrogen) atoms. The van der Waals surface area contributed by atoms with Crippen LogP contribution in [0.5, 0.6) is 0 Å². The zero-order valence-corrected chi connectivity index (χ0v) is 13.4. The lowest BCUT2D eigenvalue weighted by atomic mass is 10.00. The molecule has 1 fully saturated rings. The van der Waals surface area contributed by atoms with Crippen LogP contribution in [0.4, 0.5) is 4.79 Å². The van der Waals surface area contributed by atoms with Crippen LogP contribution >= 0.6 is 0 Å². The number of likely N-dealkylation sites (tertiary alicyclic amines) is 1.